The predicted octanol–water partition coefficient (Wildman–Crippen LogP) is 3.41. The first-order valence-electron chi connectivity index (χ1n) is 7.01. The van der Waals surface area contributed by atoms with E-state index in [4.69, 9.17) is 18.0 Å². The summed E-state index contributed by atoms with van der Waals surface area (Å²) in [7, 11) is 0. The average molecular weight is 277 g/mol. The van der Waals surface area contributed by atoms with Crippen molar-refractivity contribution in [2.45, 2.75) is 46.0 Å². The van der Waals surface area contributed by atoms with Crippen LogP contribution in [0.3, 0.4) is 0 Å². The summed E-state index contributed by atoms with van der Waals surface area (Å²) in [5.74, 6) is 0.884. The Kier molecular flexibility index (Phi) is 4.40. The molecule has 4 heteroatoms. The molecule has 0 amide bonds. The molecule has 3 nitrogen and oxygen atoms in total. The monoisotopic (exact) mass is 277 g/mol. The first kappa shape index (κ1) is 14.3. The molecule has 0 aliphatic heterocycles. The third-order valence-corrected chi connectivity index (χ3v) is 4.23. The van der Waals surface area contributed by atoms with E-state index in [1.54, 1.807) is 0 Å². The van der Waals surface area contributed by atoms with Gasteiger partial charge in [0.2, 0.25) is 0 Å². The minimum absolute atomic E-state index is 0.396. The molecule has 1 aromatic heterocycles. The molecule has 1 aliphatic carbocycles. The van der Waals surface area contributed by atoms with Gasteiger partial charge < -0.3 is 11.1 Å². The molecule has 2 rings (SSSR count). The quantitative estimate of drug-likeness (QED) is 0.828. The lowest BCUT2D eigenvalue weighted by molar-refractivity contribution is 0.233. The first-order chi connectivity index (χ1) is 8.98. The molecule has 1 fully saturated rings. The van der Waals surface area contributed by atoms with Gasteiger partial charge in [-0.2, -0.15) is 0 Å². The lowest BCUT2D eigenvalue weighted by Gasteiger charge is -2.33. The van der Waals surface area contributed by atoms with E-state index in [9.17, 15) is 0 Å². The Bertz CT molecular complexity index is 464. The molecule has 0 unspecified atom stereocenters. The predicted molar refractivity (Wildman–Crippen MR) is 84.5 cm³/mol. The Morgan fingerprint density at radius 3 is 2.68 bits per heavy atom. The summed E-state index contributed by atoms with van der Waals surface area (Å²) in [5.41, 5.74) is 7.92. The summed E-state index contributed by atoms with van der Waals surface area (Å²) in [4.78, 5) is 4.93. The summed E-state index contributed by atoms with van der Waals surface area (Å²) < 4.78 is 0. The number of aryl methyl sites for hydroxylation is 1. The second-order valence-electron chi connectivity index (χ2n) is 5.97. The van der Waals surface area contributed by atoms with Gasteiger partial charge in [-0.1, -0.05) is 38.4 Å². The number of anilines is 1. The van der Waals surface area contributed by atoms with Gasteiger partial charge in [0.05, 0.1) is 0 Å². The van der Waals surface area contributed by atoms with Crippen molar-refractivity contribution in [3.8, 4) is 0 Å². The minimum atomic E-state index is 0.396. The summed E-state index contributed by atoms with van der Waals surface area (Å²) in [6, 6.07) is 3.87. The van der Waals surface area contributed by atoms with Gasteiger partial charge in [0, 0.05) is 17.8 Å². The average Bonchev–Trinajstić information content (AvgIpc) is 2.37. The van der Waals surface area contributed by atoms with Crippen molar-refractivity contribution in [1.29, 1.82) is 0 Å². The van der Waals surface area contributed by atoms with Crippen molar-refractivity contribution in [2.75, 3.05) is 11.9 Å². The van der Waals surface area contributed by atoms with E-state index < -0.39 is 0 Å². The summed E-state index contributed by atoms with van der Waals surface area (Å²) in [6.07, 6.45) is 6.67. The van der Waals surface area contributed by atoms with Crippen LogP contribution in [0.1, 0.15) is 50.3 Å². The van der Waals surface area contributed by atoms with Crippen molar-refractivity contribution >= 4 is 23.0 Å². The summed E-state index contributed by atoms with van der Waals surface area (Å²) >= 11 is 5.03. The van der Waals surface area contributed by atoms with Crippen molar-refractivity contribution in [2.24, 2.45) is 11.1 Å². The number of pyridine rings is 1. The fourth-order valence-electron chi connectivity index (χ4n) is 2.79. The highest BCUT2D eigenvalue weighted by atomic mass is 32.1. The smallest absolute Gasteiger partial charge is 0.126 e. The number of hydrogen-bond donors (Lipinski definition) is 2. The molecule has 1 aromatic rings. The van der Waals surface area contributed by atoms with E-state index in [0.717, 1.165) is 23.6 Å². The van der Waals surface area contributed by atoms with Crippen LogP contribution in [0.5, 0.6) is 0 Å². The van der Waals surface area contributed by atoms with E-state index in [1.807, 2.05) is 19.1 Å². The highest BCUT2D eigenvalue weighted by Crippen LogP contribution is 2.35. The van der Waals surface area contributed by atoms with E-state index >= 15 is 0 Å². The number of thiocarbonyl (C=S) groups is 1. The van der Waals surface area contributed by atoms with Crippen molar-refractivity contribution in [3.05, 3.63) is 23.4 Å². The van der Waals surface area contributed by atoms with Crippen LogP contribution < -0.4 is 11.1 Å². The molecule has 1 heterocycles. The van der Waals surface area contributed by atoms with Gasteiger partial charge in [0.1, 0.15) is 10.8 Å². The lowest BCUT2D eigenvalue weighted by Crippen LogP contribution is -2.29. The van der Waals surface area contributed by atoms with Gasteiger partial charge in [-0.3, -0.25) is 0 Å². The lowest BCUT2D eigenvalue weighted by atomic mass is 9.76. The zero-order valence-electron chi connectivity index (χ0n) is 11.8. The van der Waals surface area contributed by atoms with Crippen LogP contribution in [-0.4, -0.2) is 16.5 Å². The van der Waals surface area contributed by atoms with Crippen LogP contribution in [0.15, 0.2) is 12.1 Å². The maximum atomic E-state index is 5.69. The number of nitrogens with one attached hydrogen (secondary N) is 1. The second-order valence-corrected chi connectivity index (χ2v) is 6.41. The fourth-order valence-corrected chi connectivity index (χ4v) is 2.91. The van der Waals surface area contributed by atoms with Crippen LogP contribution in [0.4, 0.5) is 5.82 Å². The zero-order valence-corrected chi connectivity index (χ0v) is 12.6. The Balaban J connectivity index is 2.04. The maximum absolute atomic E-state index is 5.69. The number of aromatic nitrogens is 1. The molecule has 0 radical (unpaired) electrons. The van der Waals surface area contributed by atoms with Crippen LogP contribution in [0.25, 0.3) is 0 Å². The van der Waals surface area contributed by atoms with Crippen LogP contribution >= 0.6 is 12.2 Å². The number of nitrogens with two attached hydrogens (primary N) is 1. The Labute approximate surface area is 121 Å². The normalized spacial score (nSPS) is 18.0. The third-order valence-electron chi connectivity index (χ3n) is 3.99. The highest BCUT2D eigenvalue weighted by Gasteiger charge is 2.26. The van der Waals surface area contributed by atoms with Crippen molar-refractivity contribution < 1.29 is 0 Å². The molecule has 1 saturated carbocycles. The van der Waals surface area contributed by atoms with Crippen LogP contribution in [-0.2, 0) is 0 Å². The van der Waals surface area contributed by atoms with Gasteiger partial charge in [-0.15, -0.1) is 0 Å². The SMILES string of the molecule is Cc1cc(C(N)=S)cc(NCC2(C)CCCCC2)n1. The summed E-state index contributed by atoms with van der Waals surface area (Å²) in [5, 5.41) is 3.46. The number of rotatable bonds is 4. The van der Waals surface area contributed by atoms with E-state index in [-0.39, 0.29) is 0 Å². The van der Waals surface area contributed by atoms with Crippen LogP contribution in [0.2, 0.25) is 0 Å². The molecule has 0 spiro atoms. The Hall–Kier alpha value is -1.16. The molecular weight excluding hydrogens is 254 g/mol. The molecule has 1 aliphatic rings. The van der Waals surface area contributed by atoms with E-state index in [1.165, 1.54) is 32.1 Å². The van der Waals surface area contributed by atoms with Crippen LogP contribution in [0, 0.1) is 12.3 Å². The Morgan fingerprint density at radius 1 is 1.37 bits per heavy atom. The van der Waals surface area contributed by atoms with Crippen molar-refractivity contribution in [1.82, 2.24) is 4.98 Å². The number of nitrogens with zero attached hydrogens (tertiary/aromatic N) is 1. The molecular formula is C15H23N3S. The zero-order chi connectivity index (χ0) is 13.9. The second kappa shape index (κ2) is 5.87. The molecule has 0 atom stereocenters. The molecule has 3 N–H and O–H groups in total. The maximum Gasteiger partial charge on any atom is 0.126 e. The molecule has 0 saturated heterocycles. The highest BCUT2D eigenvalue weighted by molar-refractivity contribution is 7.80. The largest absolute Gasteiger partial charge is 0.389 e. The Morgan fingerprint density at radius 2 is 2.05 bits per heavy atom. The molecule has 19 heavy (non-hydrogen) atoms. The van der Waals surface area contributed by atoms with Gasteiger partial charge >= 0.3 is 0 Å². The molecule has 0 bridgehead atoms. The third kappa shape index (κ3) is 3.90. The van der Waals surface area contributed by atoms with Gasteiger partial charge in [0.25, 0.3) is 0 Å². The molecule has 0 aromatic carbocycles. The van der Waals surface area contributed by atoms with E-state index in [2.05, 4.69) is 17.2 Å². The van der Waals surface area contributed by atoms with Crippen molar-refractivity contribution in [3.63, 3.8) is 0 Å². The van der Waals surface area contributed by atoms with E-state index in [0.29, 0.717) is 10.4 Å². The van der Waals surface area contributed by atoms with Gasteiger partial charge in [0.15, 0.2) is 0 Å². The summed E-state index contributed by atoms with van der Waals surface area (Å²) in [6.45, 7) is 5.30. The van der Waals surface area contributed by atoms with Gasteiger partial charge in [-0.05, 0) is 37.3 Å². The minimum Gasteiger partial charge on any atom is -0.389 e. The molecule has 104 valence electrons. The number of hydrogen-bond acceptors (Lipinski definition) is 3. The fraction of sp³-hybridized carbons (Fsp3) is 0.600. The topological polar surface area (TPSA) is 50.9 Å². The standard InChI is InChI=1S/C15H23N3S/c1-11-8-12(14(16)19)9-13(18-11)17-10-15(2)6-4-3-5-7-15/h8-9H,3-7,10H2,1-2H3,(H2,16,19)(H,17,18). The first-order valence-corrected chi connectivity index (χ1v) is 7.42. The van der Waals surface area contributed by atoms with Gasteiger partial charge in [-0.25, -0.2) is 4.98 Å².